The fourth-order valence-electron chi connectivity index (χ4n) is 2.68. The van der Waals surface area contributed by atoms with Gasteiger partial charge in [0.05, 0.1) is 5.69 Å². The standard InChI is InChI=1S/C15H27N3/c1-5-9-16-14(15(4)7-8-15)11-13-10-12(3)17-18(13)6-2/h10,14,16H,5-9,11H2,1-4H3. The Labute approximate surface area is 111 Å². The van der Waals surface area contributed by atoms with E-state index in [1.165, 1.54) is 25.0 Å². The fourth-order valence-corrected chi connectivity index (χ4v) is 2.68. The zero-order chi connectivity index (χ0) is 13.2. The summed E-state index contributed by atoms with van der Waals surface area (Å²) < 4.78 is 2.15. The quantitative estimate of drug-likeness (QED) is 0.805. The normalized spacial score (nSPS) is 18.9. The number of nitrogens with zero attached hydrogens (tertiary/aromatic N) is 2. The molecule has 1 aliphatic rings. The molecule has 102 valence electrons. The minimum atomic E-state index is 0.520. The predicted molar refractivity (Wildman–Crippen MR) is 75.8 cm³/mol. The van der Waals surface area contributed by atoms with Gasteiger partial charge in [0.15, 0.2) is 0 Å². The predicted octanol–water partition coefficient (Wildman–Crippen LogP) is 2.92. The van der Waals surface area contributed by atoms with E-state index in [9.17, 15) is 0 Å². The third-order valence-electron chi connectivity index (χ3n) is 4.22. The van der Waals surface area contributed by atoms with E-state index in [2.05, 4.69) is 48.9 Å². The van der Waals surface area contributed by atoms with Crippen molar-refractivity contribution in [2.75, 3.05) is 6.54 Å². The minimum Gasteiger partial charge on any atom is -0.313 e. The Kier molecular flexibility index (Phi) is 4.10. The molecule has 0 radical (unpaired) electrons. The molecule has 2 rings (SSSR count). The summed E-state index contributed by atoms with van der Waals surface area (Å²) in [5.74, 6) is 0. The molecule has 1 aromatic heterocycles. The summed E-state index contributed by atoms with van der Waals surface area (Å²) in [4.78, 5) is 0. The van der Waals surface area contributed by atoms with Crippen molar-refractivity contribution in [1.29, 1.82) is 0 Å². The average Bonchev–Trinajstić information content (AvgIpc) is 2.98. The smallest absolute Gasteiger partial charge is 0.0596 e. The lowest BCUT2D eigenvalue weighted by Gasteiger charge is -2.25. The second-order valence-corrected chi connectivity index (χ2v) is 5.96. The van der Waals surface area contributed by atoms with Crippen molar-refractivity contribution in [3.63, 3.8) is 0 Å². The fraction of sp³-hybridized carbons (Fsp3) is 0.800. The first-order chi connectivity index (χ1) is 8.59. The highest BCUT2D eigenvalue weighted by molar-refractivity contribution is 5.13. The second kappa shape index (κ2) is 5.43. The Morgan fingerprint density at radius 3 is 2.72 bits per heavy atom. The van der Waals surface area contributed by atoms with Gasteiger partial charge in [-0.2, -0.15) is 5.10 Å². The highest BCUT2D eigenvalue weighted by atomic mass is 15.3. The first kappa shape index (κ1) is 13.6. The summed E-state index contributed by atoms with van der Waals surface area (Å²) in [5, 5.41) is 8.29. The maximum atomic E-state index is 4.55. The lowest BCUT2D eigenvalue weighted by molar-refractivity contribution is 0.347. The molecule has 1 N–H and O–H groups in total. The molecule has 0 bridgehead atoms. The molecule has 0 amide bonds. The van der Waals surface area contributed by atoms with Gasteiger partial charge in [0.2, 0.25) is 0 Å². The monoisotopic (exact) mass is 249 g/mol. The molecule has 1 aromatic rings. The van der Waals surface area contributed by atoms with Crippen LogP contribution in [0.5, 0.6) is 0 Å². The van der Waals surface area contributed by atoms with Gasteiger partial charge in [0.1, 0.15) is 0 Å². The van der Waals surface area contributed by atoms with E-state index >= 15 is 0 Å². The maximum Gasteiger partial charge on any atom is 0.0596 e. The zero-order valence-corrected chi connectivity index (χ0v) is 12.3. The van der Waals surface area contributed by atoms with Gasteiger partial charge in [-0.3, -0.25) is 4.68 Å². The molecule has 1 fully saturated rings. The van der Waals surface area contributed by atoms with Crippen LogP contribution in [0.1, 0.15) is 51.4 Å². The van der Waals surface area contributed by atoms with Crippen LogP contribution in [0.2, 0.25) is 0 Å². The minimum absolute atomic E-state index is 0.520. The van der Waals surface area contributed by atoms with Crippen LogP contribution in [0, 0.1) is 12.3 Å². The molecule has 3 heteroatoms. The van der Waals surface area contributed by atoms with Gasteiger partial charge in [0, 0.05) is 24.7 Å². The summed E-state index contributed by atoms with van der Waals surface area (Å²) in [6, 6.07) is 2.86. The van der Waals surface area contributed by atoms with Crippen LogP contribution in [0.3, 0.4) is 0 Å². The van der Waals surface area contributed by atoms with Crippen LogP contribution in [-0.4, -0.2) is 22.4 Å². The molecule has 1 atom stereocenters. The van der Waals surface area contributed by atoms with Crippen molar-refractivity contribution in [3.05, 3.63) is 17.5 Å². The van der Waals surface area contributed by atoms with E-state index in [0.717, 1.165) is 25.2 Å². The van der Waals surface area contributed by atoms with Crippen LogP contribution in [0.15, 0.2) is 6.07 Å². The average molecular weight is 249 g/mol. The van der Waals surface area contributed by atoms with Crippen LogP contribution in [-0.2, 0) is 13.0 Å². The van der Waals surface area contributed by atoms with Crippen molar-refractivity contribution < 1.29 is 0 Å². The Balaban J connectivity index is 2.07. The Morgan fingerprint density at radius 2 is 2.17 bits per heavy atom. The summed E-state index contributed by atoms with van der Waals surface area (Å²) in [6.45, 7) is 11.0. The second-order valence-electron chi connectivity index (χ2n) is 5.96. The topological polar surface area (TPSA) is 29.9 Å². The highest BCUT2D eigenvalue weighted by Gasteiger charge is 2.44. The van der Waals surface area contributed by atoms with E-state index < -0.39 is 0 Å². The molecule has 18 heavy (non-hydrogen) atoms. The van der Waals surface area contributed by atoms with E-state index in [4.69, 9.17) is 0 Å². The molecule has 1 unspecified atom stereocenters. The highest BCUT2D eigenvalue weighted by Crippen LogP contribution is 2.48. The van der Waals surface area contributed by atoms with Gasteiger partial charge in [-0.05, 0) is 51.1 Å². The molecule has 1 aliphatic carbocycles. The summed E-state index contributed by atoms with van der Waals surface area (Å²) >= 11 is 0. The Hall–Kier alpha value is -0.830. The molecule has 0 saturated heterocycles. The molecular weight excluding hydrogens is 222 g/mol. The lowest BCUT2D eigenvalue weighted by atomic mass is 9.94. The molecule has 0 aromatic carbocycles. The molecule has 3 nitrogen and oxygen atoms in total. The van der Waals surface area contributed by atoms with Crippen LogP contribution in [0.25, 0.3) is 0 Å². The van der Waals surface area contributed by atoms with Crippen molar-refractivity contribution in [1.82, 2.24) is 15.1 Å². The SMILES string of the molecule is CCCNC(Cc1cc(C)nn1CC)C1(C)CC1. The first-order valence-corrected chi connectivity index (χ1v) is 7.35. The zero-order valence-electron chi connectivity index (χ0n) is 12.3. The van der Waals surface area contributed by atoms with Crippen LogP contribution in [0.4, 0.5) is 0 Å². The number of aromatic nitrogens is 2. The number of nitrogens with one attached hydrogen (secondary N) is 1. The third-order valence-corrected chi connectivity index (χ3v) is 4.22. The van der Waals surface area contributed by atoms with Crippen LogP contribution < -0.4 is 5.32 Å². The van der Waals surface area contributed by atoms with Gasteiger partial charge in [-0.1, -0.05) is 13.8 Å². The molecule has 0 spiro atoms. The third kappa shape index (κ3) is 2.94. The van der Waals surface area contributed by atoms with E-state index in [-0.39, 0.29) is 0 Å². The van der Waals surface area contributed by atoms with E-state index in [1.54, 1.807) is 0 Å². The number of hydrogen-bond acceptors (Lipinski definition) is 2. The Bertz CT molecular complexity index is 390. The summed E-state index contributed by atoms with van der Waals surface area (Å²) in [5.41, 5.74) is 3.05. The number of rotatable bonds is 7. The van der Waals surface area contributed by atoms with Crippen LogP contribution >= 0.6 is 0 Å². The summed E-state index contributed by atoms with van der Waals surface area (Å²) in [7, 11) is 0. The van der Waals surface area contributed by atoms with Gasteiger partial charge in [0.25, 0.3) is 0 Å². The first-order valence-electron chi connectivity index (χ1n) is 7.35. The largest absolute Gasteiger partial charge is 0.313 e. The van der Waals surface area contributed by atoms with Crippen molar-refractivity contribution in [2.45, 2.75) is 66.0 Å². The van der Waals surface area contributed by atoms with Crippen molar-refractivity contribution >= 4 is 0 Å². The summed E-state index contributed by atoms with van der Waals surface area (Å²) in [6.07, 6.45) is 5.06. The number of aryl methyl sites for hydroxylation is 2. The van der Waals surface area contributed by atoms with Crippen molar-refractivity contribution in [3.8, 4) is 0 Å². The van der Waals surface area contributed by atoms with Gasteiger partial charge >= 0.3 is 0 Å². The maximum absolute atomic E-state index is 4.55. The van der Waals surface area contributed by atoms with Gasteiger partial charge in [-0.25, -0.2) is 0 Å². The molecule has 0 aliphatic heterocycles. The van der Waals surface area contributed by atoms with Gasteiger partial charge < -0.3 is 5.32 Å². The molecule has 1 saturated carbocycles. The Morgan fingerprint density at radius 1 is 1.44 bits per heavy atom. The van der Waals surface area contributed by atoms with E-state index in [0.29, 0.717) is 11.5 Å². The van der Waals surface area contributed by atoms with E-state index in [1.807, 2.05) is 0 Å². The lowest BCUT2D eigenvalue weighted by Crippen LogP contribution is -2.39. The molecule has 1 heterocycles. The number of hydrogen-bond donors (Lipinski definition) is 1. The molecular formula is C15H27N3. The van der Waals surface area contributed by atoms with Crippen molar-refractivity contribution in [2.24, 2.45) is 5.41 Å². The van der Waals surface area contributed by atoms with Gasteiger partial charge in [-0.15, -0.1) is 0 Å².